The summed E-state index contributed by atoms with van der Waals surface area (Å²) in [5, 5.41) is 7.72. The number of aromatic nitrogens is 1. The molecule has 148 valence electrons. The molecule has 0 aliphatic heterocycles. The lowest BCUT2D eigenvalue weighted by molar-refractivity contribution is -0.127. The zero-order valence-electron chi connectivity index (χ0n) is 16.9. The third kappa shape index (κ3) is 5.91. The number of nitrogens with one attached hydrogen (secondary N) is 3. The number of carbonyl (C=O) groups excluding carboxylic acids is 1. The maximum atomic E-state index is 11.8. The van der Waals surface area contributed by atoms with Crippen LogP contribution < -0.4 is 15.4 Å². The Morgan fingerprint density at radius 2 is 2.07 bits per heavy atom. The van der Waals surface area contributed by atoms with Crippen LogP contribution in [-0.2, 0) is 11.2 Å². The topological polar surface area (TPSA) is 81.7 Å². The van der Waals surface area contributed by atoms with Crippen molar-refractivity contribution in [2.75, 3.05) is 40.8 Å². The smallest absolute Gasteiger partial charge is 0.243 e. The van der Waals surface area contributed by atoms with Crippen LogP contribution in [-0.4, -0.2) is 62.6 Å². The first-order valence-electron chi connectivity index (χ1n) is 9.27. The zero-order chi connectivity index (χ0) is 19.8. The SMILES string of the molecule is COc1cccc2[nH]cc(CCNC(=NCC(=O)N(C)C)NCC(C)C)c12. The van der Waals surface area contributed by atoms with E-state index < -0.39 is 0 Å². The van der Waals surface area contributed by atoms with E-state index in [1.807, 2.05) is 24.4 Å². The zero-order valence-corrected chi connectivity index (χ0v) is 16.9. The Hall–Kier alpha value is -2.70. The summed E-state index contributed by atoms with van der Waals surface area (Å²) in [5.41, 5.74) is 2.25. The lowest BCUT2D eigenvalue weighted by atomic mass is 10.1. The number of rotatable bonds is 8. The molecule has 3 N–H and O–H groups in total. The third-order valence-corrected chi connectivity index (χ3v) is 4.20. The molecule has 0 spiro atoms. The predicted octanol–water partition coefficient (Wildman–Crippen LogP) is 2.00. The van der Waals surface area contributed by atoms with Gasteiger partial charge in [0.2, 0.25) is 5.91 Å². The molecule has 0 aliphatic carbocycles. The van der Waals surface area contributed by atoms with Crippen molar-refractivity contribution < 1.29 is 9.53 Å². The van der Waals surface area contributed by atoms with E-state index in [4.69, 9.17) is 4.74 Å². The Morgan fingerprint density at radius 1 is 1.30 bits per heavy atom. The number of amides is 1. The van der Waals surface area contributed by atoms with Crippen molar-refractivity contribution >= 4 is 22.8 Å². The lowest BCUT2D eigenvalue weighted by Crippen LogP contribution is -2.41. The first kappa shape index (κ1) is 20.6. The number of likely N-dealkylation sites (N-methyl/N-ethyl adjacent to an activating group) is 1. The van der Waals surface area contributed by atoms with Crippen molar-refractivity contribution in [3.8, 4) is 5.75 Å². The first-order valence-corrected chi connectivity index (χ1v) is 9.27. The molecule has 0 unspecified atom stereocenters. The monoisotopic (exact) mass is 373 g/mol. The minimum Gasteiger partial charge on any atom is -0.496 e. The number of benzene rings is 1. The summed E-state index contributed by atoms with van der Waals surface area (Å²) >= 11 is 0. The largest absolute Gasteiger partial charge is 0.496 e. The number of methoxy groups -OCH3 is 1. The van der Waals surface area contributed by atoms with Crippen molar-refractivity contribution in [3.05, 3.63) is 30.0 Å². The van der Waals surface area contributed by atoms with Gasteiger partial charge in [0.15, 0.2) is 5.96 Å². The van der Waals surface area contributed by atoms with Crippen LogP contribution in [0.5, 0.6) is 5.75 Å². The Bertz CT molecular complexity index is 780. The molecular weight excluding hydrogens is 342 g/mol. The third-order valence-electron chi connectivity index (χ3n) is 4.20. The second kappa shape index (κ2) is 9.85. The molecule has 0 fully saturated rings. The molecule has 0 bridgehead atoms. The van der Waals surface area contributed by atoms with E-state index in [0.717, 1.165) is 29.6 Å². The van der Waals surface area contributed by atoms with Crippen molar-refractivity contribution in [1.82, 2.24) is 20.5 Å². The molecule has 1 amide bonds. The minimum atomic E-state index is -0.0259. The highest BCUT2D eigenvalue weighted by Gasteiger charge is 2.10. The van der Waals surface area contributed by atoms with E-state index in [1.165, 1.54) is 5.56 Å². The normalized spacial score (nSPS) is 11.7. The molecule has 7 nitrogen and oxygen atoms in total. The number of nitrogens with zero attached hydrogens (tertiary/aromatic N) is 2. The summed E-state index contributed by atoms with van der Waals surface area (Å²) in [5.74, 6) is 1.99. The van der Waals surface area contributed by atoms with Gasteiger partial charge in [-0.15, -0.1) is 0 Å². The van der Waals surface area contributed by atoms with Crippen molar-refractivity contribution in [2.45, 2.75) is 20.3 Å². The summed E-state index contributed by atoms with van der Waals surface area (Å²) < 4.78 is 5.49. The number of aromatic amines is 1. The lowest BCUT2D eigenvalue weighted by Gasteiger charge is -2.15. The molecular formula is C20H31N5O2. The fourth-order valence-electron chi connectivity index (χ4n) is 2.67. The average molecular weight is 374 g/mol. The highest BCUT2D eigenvalue weighted by molar-refractivity contribution is 5.89. The Balaban J connectivity index is 2.02. The molecule has 1 aromatic heterocycles. The molecule has 27 heavy (non-hydrogen) atoms. The van der Waals surface area contributed by atoms with E-state index in [-0.39, 0.29) is 12.5 Å². The van der Waals surface area contributed by atoms with Gasteiger partial charge < -0.3 is 25.3 Å². The molecule has 2 aromatic rings. The van der Waals surface area contributed by atoms with Gasteiger partial charge in [0.1, 0.15) is 12.3 Å². The Morgan fingerprint density at radius 3 is 2.74 bits per heavy atom. The van der Waals surface area contributed by atoms with Crippen molar-refractivity contribution in [1.29, 1.82) is 0 Å². The number of fused-ring (bicyclic) bond motifs is 1. The van der Waals surface area contributed by atoms with Crippen LogP contribution in [0.1, 0.15) is 19.4 Å². The highest BCUT2D eigenvalue weighted by Crippen LogP contribution is 2.28. The van der Waals surface area contributed by atoms with E-state index in [2.05, 4.69) is 34.5 Å². The van der Waals surface area contributed by atoms with Gasteiger partial charge in [0.25, 0.3) is 0 Å². The molecule has 1 aromatic carbocycles. The standard InChI is InChI=1S/C20H31N5O2/c1-14(2)11-23-20(24-13-18(26)25(3)4)21-10-9-15-12-22-16-7-6-8-17(27-5)19(15)16/h6-8,12,14,22H,9-11,13H2,1-5H3,(H2,21,23,24). The summed E-state index contributed by atoms with van der Waals surface area (Å²) in [6, 6.07) is 5.98. The van der Waals surface area contributed by atoms with Crippen molar-refractivity contribution in [2.24, 2.45) is 10.9 Å². The number of aliphatic imine (C=N–C) groups is 1. The number of hydrogen-bond acceptors (Lipinski definition) is 3. The summed E-state index contributed by atoms with van der Waals surface area (Å²) in [7, 11) is 5.15. The maximum absolute atomic E-state index is 11.8. The Labute approximate surface area is 161 Å². The van der Waals surface area contributed by atoms with E-state index in [1.54, 1.807) is 26.1 Å². The minimum absolute atomic E-state index is 0.0259. The van der Waals surface area contributed by atoms with Crippen LogP contribution in [0, 0.1) is 5.92 Å². The van der Waals surface area contributed by atoms with Gasteiger partial charge in [-0.05, 0) is 30.0 Å². The Kier molecular flexibility index (Phi) is 7.52. The first-order chi connectivity index (χ1) is 12.9. The maximum Gasteiger partial charge on any atom is 0.243 e. The fourth-order valence-corrected chi connectivity index (χ4v) is 2.67. The number of hydrogen-bond donors (Lipinski definition) is 3. The van der Waals surface area contributed by atoms with Crippen LogP contribution in [0.3, 0.4) is 0 Å². The molecule has 0 radical (unpaired) electrons. The molecule has 2 rings (SSSR count). The number of carbonyl (C=O) groups is 1. The average Bonchev–Trinajstić information content (AvgIpc) is 3.06. The van der Waals surface area contributed by atoms with E-state index in [0.29, 0.717) is 18.4 Å². The van der Waals surface area contributed by atoms with Crippen LogP contribution in [0.25, 0.3) is 10.9 Å². The molecule has 0 aliphatic rings. The molecule has 0 saturated heterocycles. The van der Waals surface area contributed by atoms with Crippen LogP contribution in [0.4, 0.5) is 0 Å². The van der Waals surface area contributed by atoms with Gasteiger partial charge in [0, 0.05) is 44.3 Å². The van der Waals surface area contributed by atoms with Gasteiger partial charge in [0.05, 0.1) is 7.11 Å². The van der Waals surface area contributed by atoms with Crippen LogP contribution in [0.2, 0.25) is 0 Å². The molecule has 7 heteroatoms. The number of guanidine groups is 1. The summed E-state index contributed by atoms with van der Waals surface area (Å²) in [6.07, 6.45) is 2.83. The van der Waals surface area contributed by atoms with Gasteiger partial charge in [-0.2, -0.15) is 0 Å². The highest BCUT2D eigenvalue weighted by atomic mass is 16.5. The van der Waals surface area contributed by atoms with Crippen LogP contribution >= 0.6 is 0 Å². The van der Waals surface area contributed by atoms with Gasteiger partial charge in [-0.3, -0.25) is 4.79 Å². The second-order valence-electron chi connectivity index (χ2n) is 7.10. The molecule has 0 atom stereocenters. The molecule has 0 saturated carbocycles. The van der Waals surface area contributed by atoms with Crippen LogP contribution in [0.15, 0.2) is 29.4 Å². The van der Waals surface area contributed by atoms with E-state index >= 15 is 0 Å². The number of H-pyrrole nitrogens is 1. The van der Waals surface area contributed by atoms with Gasteiger partial charge in [-0.1, -0.05) is 19.9 Å². The fraction of sp³-hybridized carbons (Fsp3) is 0.500. The quantitative estimate of drug-likeness (QED) is 0.488. The predicted molar refractivity (Wildman–Crippen MR) is 110 cm³/mol. The number of ether oxygens (including phenoxy) is 1. The molecule has 1 heterocycles. The second-order valence-corrected chi connectivity index (χ2v) is 7.10. The van der Waals surface area contributed by atoms with Gasteiger partial charge >= 0.3 is 0 Å². The summed E-state index contributed by atoms with van der Waals surface area (Å²) in [6.45, 7) is 5.89. The summed E-state index contributed by atoms with van der Waals surface area (Å²) in [4.78, 5) is 21.0. The van der Waals surface area contributed by atoms with Gasteiger partial charge in [-0.25, -0.2) is 4.99 Å². The van der Waals surface area contributed by atoms with Crippen molar-refractivity contribution in [3.63, 3.8) is 0 Å². The van der Waals surface area contributed by atoms with E-state index in [9.17, 15) is 4.79 Å².